The fraction of sp³-hybridized carbons (Fsp3) is 0.263. The molecule has 0 aliphatic heterocycles. The standard InChI is InChI=1S/C19H21NO6/c1-5-8-25-17-10-13(24-4)6-7-15(17)18(21)20(3)11-14-9-16(19(22)23)12(2)26-14/h5-7,9-10H,1,8,11H2,2-4H3,(H,22,23). The first-order valence-electron chi connectivity index (χ1n) is 7.87. The Morgan fingerprint density at radius 1 is 1.31 bits per heavy atom. The minimum atomic E-state index is -1.07. The molecule has 0 aliphatic carbocycles. The summed E-state index contributed by atoms with van der Waals surface area (Å²) in [7, 11) is 3.13. The van der Waals surface area contributed by atoms with Crippen molar-refractivity contribution in [2.75, 3.05) is 20.8 Å². The van der Waals surface area contributed by atoms with Gasteiger partial charge >= 0.3 is 5.97 Å². The van der Waals surface area contributed by atoms with Gasteiger partial charge in [-0.25, -0.2) is 4.79 Å². The van der Waals surface area contributed by atoms with Crippen LogP contribution >= 0.6 is 0 Å². The largest absolute Gasteiger partial charge is 0.497 e. The van der Waals surface area contributed by atoms with Gasteiger partial charge in [-0.15, -0.1) is 0 Å². The number of hydrogen-bond acceptors (Lipinski definition) is 5. The van der Waals surface area contributed by atoms with Crippen molar-refractivity contribution in [1.29, 1.82) is 0 Å². The molecule has 1 heterocycles. The maximum atomic E-state index is 12.8. The number of ether oxygens (including phenoxy) is 2. The van der Waals surface area contributed by atoms with Gasteiger partial charge in [0.1, 0.15) is 35.2 Å². The molecule has 1 amide bonds. The summed E-state index contributed by atoms with van der Waals surface area (Å²) >= 11 is 0. The van der Waals surface area contributed by atoms with Gasteiger partial charge in [0.2, 0.25) is 0 Å². The third-order valence-electron chi connectivity index (χ3n) is 3.71. The van der Waals surface area contributed by atoms with E-state index in [1.807, 2.05) is 0 Å². The number of hydrogen-bond donors (Lipinski definition) is 1. The Hall–Kier alpha value is -3.22. The van der Waals surface area contributed by atoms with Gasteiger partial charge < -0.3 is 23.9 Å². The van der Waals surface area contributed by atoms with Crippen LogP contribution in [0.15, 0.2) is 41.3 Å². The fourth-order valence-corrected chi connectivity index (χ4v) is 2.42. The summed E-state index contributed by atoms with van der Waals surface area (Å²) in [5, 5.41) is 9.09. The number of amides is 1. The molecule has 0 saturated carbocycles. The van der Waals surface area contributed by atoms with Crippen LogP contribution in [0.3, 0.4) is 0 Å². The summed E-state index contributed by atoms with van der Waals surface area (Å²) in [6.07, 6.45) is 1.58. The van der Waals surface area contributed by atoms with E-state index in [-0.39, 0.29) is 24.6 Å². The highest BCUT2D eigenvalue weighted by atomic mass is 16.5. The Morgan fingerprint density at radius 3 is 2.62 bits per heavy atom. The third-order valence-corrected chi connectivity index (χ3v) is 3.71. The first-order valence-corrected chi connectivity index (χ1v) is 7.87. The zero-order chi connectivity index (χ0) is 19.3. The number of carboxylic acid groups (broad SMARTS) is 1. The smallest absolute Gasteiger partial charge is 0.339 e. The summed E-state index contributed by atoms with van der Waals surface area (Å²) in [6, 6.07) is 6.34. The van der Waals surface area contributed by atoms with E-state index in [9.17, 15) is 9.59 Å². The molecular formula is C19H21NO6. The molecule has 0 fully saturated rings. The van der Waals surface area contributed by atoms with E-state index in [0.29, 0.717) is 28.6 Å². The molecule has 0 saturated heterocycles. The molecule has 1 aromatic heterocycles. The molecule has 0 spiro atoms. The Balaban J connectivity index is 2.23. The number of aryl methyl sites for hydroxylation is 1. The Labute approximate surface area is 151 Å². The summed E-state index contributed by atoms with van der Waals surface area (Å²) in [5.74, 6) is 0.268. The van der Waals surface area contributed by atoms with Gasteiger partial charge in [-0.05, 0) is 25.1 Å². The average Bonchev–Trinajstić information content (AvgIpc) is 2.99. The van der Waals surface area contributed by atoms with Crippen molar-refractivity contribution in [3.8, 4) is 11.5 Å². The van der Waals surface area contributed by atoms with Gasteiger partial charge in [0.05, 0.1) is 19.2 Å². The second-order valence-electron chi connectivity index (χ2n) is 5.61. The Bertz CT molecular complexity index is 823. The van der Waals surface area contributed by atoms with Gasteiger partial charge in [0.25, 0.3) is 5.91 Å². The molecule has 0 unspecified atom stereocenters. The maximum absolute atomic E-state index is 12.8. The van der Waals surface area contributed by atoms with Crippen molar-refractivity contribution in [3.05, 3.63) is 59.6 Å². The number of nitrogens with zero attached hydrogens (tertiary/aromatic N) is 1. The lowest BCUT2D eigenvalue weighted by Crippen LogP contribution is -2.26. The molecule has 26 heavy (non-hydrogen) atoms. The molecular weight excluding hydrogens is 338 g/mol. The molecule has 1 N–H and O–H groups in total. The van der Waals surface area contributed by atoms with Crippen LogP contribution in [0.1, 0.15) is 32.2 Å². The number of carbonyl (C=O) groups excluding carboxylic acids is 1. The van der Waals surface area contributed by atoms with E-state index in [1.165, 1.54) is 18.1 Å². The lowest BCUT2D eigenvalue weighted by atomic mass is 10.1. The van der Waals surface area contributed by atoms with Gasteiger partial charge in [-0.1, -0.05) is 12.7 Å². The van der Waals surface area contributed by atoms with Crippen LogP contribution in [0.5, 0.6) is 11.5 Å². The van der Waals surface area contributed by atoms with Crippen molar-refractivity contribution in [1.82, 2.24) is 4.90 Å². The highest BCUT2D eigenvalue weighted by molar-refractivity contribution is 5.97. The molecule has 0 aliphatic rings. The van der Waals surface area contributed by atoms with Gasteiger partial charge in [-0.3, -0.25) is 4.79 Å². The second-order valence-corrected chi connectivity index (χ2v) is 5.61. The van der Waals surface area contributed by atoms with E-state index < -0.39 is 5.97 Å². The van der Waals surface area contributed by atoms with Crippen molar-refractivity contribution >= 4 is 11.9 Å². The van der Waals surface area contributed by atoms with Crippen LogP contribution in [0.2, 0.25) is 0 Å². The molecule has 2 aromatic rings. The Morgan fingerprint density at radius 2 is 2.04 bits per heavy atom. The maximum Gasteiger partial charge on any atom is 0.339 e. The quantitative estimate of drug-likeness (QED) is 0.729. The molecule has 0 atom stereocenters. The first-order chi connectivity index (χ1) is 12.4. The minimum Gasteiger partial charge on any atom is -0.497 e. The van der Waals surface area contributed by atoms with Crippen molar-refractivity contribution in [3.63, 3.8) is 0 Å². The number of carboxylic acids is 1. The predicted molar refractivity (Wildman–Crippen MR) is 94.9 cm³/mol. The fourth-order valence-electron chi connectivity index (χ4n) is 2.42. The number of methoxy groups -OCH3 is 1. The third kappa shape index (κ3) is 4.24. The number of rotatable bonds is 8. The van der Waals surface area contributed by atoms with Crippen LogP contribution < -0.4 is 9.47 Å². The number of benzene rings is 1. The van der Waals surface area contributed by atoms with E-state index in [1.54, 1.807) is 38.2 Å². The molecule has 2 rings (SSSR count). The normalized spacial score (nSPS) is 10.3. The second kappa shape index (κ2) is 8.24. The highest BCUT2D eigenvalue weighted by Gasteiger charge is 2.20. The summed E-state index contributed by atoms with van der Waals surface area (Å²) < 4.78 is 16.1. The SMILES string of the molecule is C=CCOc1cc(OC)ccc1C(=O)N(C)Cc1cc(C(=O)O)c(C)o1. The molecule has 7 heteroatoms. The van der Waals surface area contributed by atoms with Crippen molar-refractivity contribution in [2.45, 2.75) is 13.5 Å². The van der Waals surface area contributed by atoms with E-state index in [2.05, 4.69) is 6.58 Å². The highest BCUT2D eigenvalue weighted by Crippen LogP contribution is 2.26. The van der Waals surface area contributed by atoms with Crippen LogP contribution in [0, 0.1) is 6.92 Å². The van der Waals surface area contributed by atoms with Gasteiger partial charge in [0.15, 0.2) is 0 Å². The van der Waals surface area contributed by atoms with Crippen molar-refractivity contribution in [2.24, 2.45) is 0 Å². The zero-order valence-electron chi connectivity index (χ0n) is 14.9. The van der Waals surface area contributed by atoms with Gasteiger partial charge in [-0.2, -0.15) is 0 Å². The minimum absolute atomic E-state index is 0.0836. The number of furan rings is 1. The number of aromatic carboxylic acids is 1. The summed E-state index contributed by atoms with van der Waals surface area (Å²) in [6.45, 7) is 5.54. The summed E-state index contributed by atoms with van der Waals surface area (Å²) in [5.41, 5.74) is 0.442. The first kappa shape index (κ1) is 19.1. The molecule has 7 nitrogen and oxygen atoms in total. The van der Waals surface area contributed by atoms with Crippen LogP contribution in [-0.2, 0) is 6.54 Å². The van der Waals surface area contributed by atoms with E-state index >= 15 is 0 Å². The lowest BCUT2D eigenvalue weighted by molar-refractivity contribution is 0.0694. The molecule has 0 bridgehead atoms. The van der Waals surface area contributed by atoms with Crippen molar-refractivity contribution < 1.29 is 28.6 Å². The van der Waals surface area contributed by atoms with Crippen LogP contribution in [0.4, 0.5) is 0 Å². The van der Waals surface area contributed by atoms with Crippen LogP contribution in [-0.4, -0.2) is 42.6 Å². The molecule has 1 aromatic carbocycles. The average molecular weight is 359 g/mol. The monoisotopic (exact) mass is 359 g/mol. The number of carbonyl (C=O) groups is 2. The molecule has 138 valence electrons. The topological polar surface area (TPSA) is 89.2 Å². The predicted octanol–water partition coefficient (Wildman–Crippen LogP) is 3.13. The van der Waals surface area contributed by atoms with Gasteiger partial charge in [0, 0.05) is 13.1 Å². The van der Waals surface area contributed by atoms with E-state index in [4.69, 9.17) is 19.0 Å². The zero-order valence-corrected chi connectivity index (χ0v) is 14.9. The van der Waals surface area contributed by atoms with E-state index in [0.717, 1.165) is 0 Å². The Kier molecular flexibility index (Phi) is 6.06. The van der Waals surface area contributed by atoms with Crippen LogP contribution in [0.25, 0.3) is 0 Å². The summed E-state index contributed by atoms with van der Waals surface area (Å²) in [4.78, 5) is 25.3. The molecule has 0 radical (unpaired) electrons. The lowest BCUT2D eigenvalue weighted by Gasteiger charge is -2.18.